The van der Waals surface area contributed by atoms with Gasteiger partial charge in [-0.25, -0.2) is 4.98 Å². The molecular weight excluding hydrogens is 404 g/mol. The molecule has 2 saturated carbocycles. The SMILES string of the molecule is CC(C)n1nc(-c2cnc(N)c(OC(F)F)c2)cc1C1[C@H]2CC(N3CCOCC3)C[C@@H]12. The number of halogens is 2. The van der Waals surface area contributed by atoms with E-state index in [2.05, 4.69) is 39.2 Å². The summed E-state index contributed by atoms with van der Waals surface area (Å²) in [7, 11) is 0. The number of hydrogen-bond acceptors (Lipinski definition) is 6. The van der Waals surface area contributed by atoms with E-state index >= 15 is 0 Å². The van der Waals surface area contributed by atoms with Gasteiger partial charge in [-0.1, -0.05) is 0 Å². The standard InChI is InChI=1S/C22H29F2N5O2/c1-12(2)29-18(20-15-8-14(9-16(15)20)28-3-5-30-6-4-28)10-17(27-29)13-7-19(31-22(23)24)21(25)26-11-13/h7,10-12,14-16,20,22H,3-6,8-9H2,1-2H3,(H2,25,26)/t14?,15-,16+,20?. The molecule has 3 heterocycles. The summed E-state index contributed by atoms with van der Waals surface area (Å²) in [4.78, 5) is 6.61. The number of nitrogens with two attached hydrogens (primary N) is 1. The number of aromatic nitrogens is 3. The summed E-state index contributed by atoms with van der Waals surface area (Å²) >= 11 is 0. The first kappa shape index (κ1) is 20.6. The number of anilines is 1. The van der Waals surface area contributed by atoms with Crippen LogP contribution in [0.2, 0.25) is 0 Å². The summed E-state index contributed by atoms with van der Waals surface area (Å²) in [5, 5.41) is 4.79. The van der Waals surface area contributed by atoms with Crippen LogP contribution in [-0.2, 0) is 4.74 Å². The fourth-order valence-corrected chi connectivity index (χ4v) is 5.49. The number of fused-ring (bicyclic) bond motifs is 1. The highest BCUT2D eigenvalue weighted by molar-refractivity contribution is 5.64. The van der Waals surface area contributed by atoms with Crippen molar-refractivity contribution in [3.05, 3.63) is 24.0 Å². The highest BCUT2D eigenvalue weighted by Crippen LogP contribution is 2.64. The van der Waals surface area contributed by atoms with Gasteiger partial charge in [0.25, 0.3) is 0 Å². The minimum Gasteiger partial charge on any atom is -0.431 e. The van der Waals surface area contributed by atoms with E-state index in [0.29, 0.717) is 35.1 Å². The summed E-state index contributed by atoms with van der Waals surface area (Å²) < 4.78 is 37.5. The molecule has 2 N–H and O–H groups in total. The lowest BCUT2D eigenvalue weighted by Crippen LogP contribution is -2.43. The Morgan fingerprint density at radius 3 is 2.52 bits per heavy atom. The second kappa shape index (κ2) is 8.02. The van der Waals surface area contributed by atoms with Crippen LogP contribution in [0.5, 0.6) is 5.75 Å². The molecule has 0 spiro atoms. The van der Waals surface area contributed by atoms with Crippen molar-refractivity contribution in [1.29, 1.82) is 0 Å². The van der Waals surface area contributed by atoms with Crippen molar-refractivity contribution >= 4 is 5.82 Å². The molecule has 4 atom stereocenters. The largest absolute Gasteiger partial charge is 0.431 e. The Hall–Kier alpha value is -2.26. The molecule has 2 unspecified atom stereocenters. The second-order valence-corrected chi connectivity index (χ2v) is 9.11. The van der Waals surface area contributed by atoms with Crippen LogP contribution in [0.1, 0.15) is 44.3 Å². The van der Waals surface area contributed by atoms with E-state index in [1.165, 1.54) is 24.6 Å². The lowest BCUT2D eigenvalue weighted by molar-refractivity contribution is -0.0494. The molecule has 3 fully saturated rings. The van der Waals surface area contributed by atoms with Crippen molar-refractivity contribution in [2.75, 3.05) is 32.0 Å². The number of nitrogens with zero attached hydrogens (tertiary/aromatic N) is 4. The summed E-state index contributed by atoms with van der Waals surface area (Å²) in [5.41, 5.74) is 8.26. The zero-order chi connectivity index (χ0) is 21.7. The van der Waals surface area contributed by atoms with E-state index in [9.17, 15) is 8.78 Å². The number of nitrogen functional groups attached to an aromatic ring is 1. The first-order valence-electron chi connectivity index (χ1n) is 11.0. The molecule has 9 heteroatoms. The van der Waals surface area contributed by atoms with Crippen LogP contribution in [0.15, 0.2) is 18.3 Å². The molecule has 1 saturated heterocycles. The maximum absolute atomic E-state index is 12.7. The van der Waals surface area contributed by atoms with Gasteiger partial charge in [0.05, 0.1) is 18.9 Å². The molecule has 1 aliphatic heterocycles. The predicted octanol–water partition coefficient (Wildman–Crippen LogP) is 3.53. The Labute approximate surface area is 180 Å². The second-order valence-electron chi connectivity index (χ2n) is 9.11. The molecule has 2 aromatic rings. The van der Waals surface area contributed by atoms with Gasteiger partial charge in [0, 0.05) is 48.5 Å². The van der Waals surface area contributed by atoms with E-state index in [-0.39, 0.29) is 17.6 Å². The van der Waals surface area contributed by atoms with Crippen LogP contribution in [0, 0.1) is 11.8 Å². The van der Waals surface area contributed by atoms with Crippen LogP contribution in [0.3, 0.4) is 0 Å². The van der Waals surface area contributed by atoms with Gasteiger partial charge in [0.1, 0.15) is 0 Å². The Bertz CT molecular complexity index is 932. The average molecular weight is 434 g/mol. The van der Waals surface area contributed by atoms with Crippen LogP contribution in [0.25, 0.3) is 11.3 Å². The van der Waals surface area contributed by atoms with Gasteiger partial charge in [0.15, 0.2) is 11.6 Å². The van der Waals surface area contributed by atoms with Crippen LogP contribution >= 0.6 is 0 Å². The zero-order valence-corrected chi connectivity index (χ0v) is 17.9. The number of hydrogen-bond donors (Lipinski definition) is 1. The number of pyridine rings is 1. The summed E-state index contributed by atoms with van der Waals surface area (Å²) in [6.07, 6.45) is 4.01. The Morgan fingerprint density at radius 1 is 1.16 bits per heavy atom. The summed E-state index contributed by atoms with van der Waals surface area (Å²) in [6, 6.07) is 4.46. The molecule has 2 aliphatic carbocycles. The fourth-order valence-electron chi connectivity index (χ4n) is 5.49. The van der Waals surface area contributed by atoms with Gasteiger partial charge in [-0.2, -0.15) is 13.9 Å². The molecule has 5 rings (SSSR count). The van der Waals surface area contributed by atoms with E-state index in [1.807, 2.05) is 0 Å². The summed E-state index contributed by atoms with van der Waals surface area (Å²) in [5.74, 6) is 1.72. The van der Waals surface area contributed by atoms with Crippen LogP contribution in [-0.4, -0.2) is 58.6 Å². The quantitative estimate of drug-likeness (QED) is 0.751. The normalized spacial score (nSPS) is 28.3. The van der Waals surface area contributed by atoms with E-state index in [0.717, 1.165) is 26.3 Å². The van der Waals surface area contributed by atoms with Crippen LogP contribution < -0.4 is 10.5 Å². The third-order valence-corrected chi connectivity index (χ3v) is 6.97. The molecule has 31 heavy (non-hydrogen) atoms. The minimum atomic E-state index is -2.95. The Balaban J connectivity index is 1.36. The zero-order valence-electron chi connectivity index (χ0n) is 17.9. The molecular formula is C22H29F2N5O2. The number of morpholine rings is 1. The van der Waals surface area contributed by atoms with Gasteiger partial charge < -0.3 is 15.2 Å². The van der Waals surface area contributed by atoms with Crippen molar-refractivity contribution in [1.82, 2.24) is 19.7 Å². The highest BCUT2D eigenvalue weighted by atomic mass is 19.3. The van der Waals surface area contributed by atoms with E-state index in [1.54, 1.807) is 6.20 Å². The topological polar surface area (TPSA) is 78.4 Å². The number of rotatable bonds is 6. The van der Waals surface area contributed by atoms with Gasteiger partial charge in [-0.15, -0.1) is 0 Å². The molecule has 0 aromatic carbocycles. The predicted molar refractivity (Wildman–Crippen MR) is 112 cm³/mol. The summed E-state index contributed by atoms with van der Waals surface area (Å²) in [6.45, 7) is 5.03. The van der Waals surface area contributed by atoms with Crippen LogP contribution in [0.4, 0.5) is 14.6 Å². The molecule has 0 radical (unpaired) electrons. The van der Waals surface area contributed by atoms with E-state index in [4.69, 9.17) is 15.6 Å². The average Bonchev–Trinajstić information content (AvgIpc) is 3.10. The minimum absolute atomic E-state index is 0.0570. The highest BCUT2D eigenvalue weighted by Gasteiger charge is 2.58. The maximum atomic E-state index is 12.7. The third-order valence-electron chi connectivity index (χ3n) is 6.97. The van der Waals surface area contributed by atoms with Gasteiger partial charge in [0.2, 0.25) is 0 Å². The van der Waals surface area contributed by atoms with Crippen molar-refractivity contribution in [2.45, 2.75) is 51.3 Å². The Morgan fingerprint density at radius 2 is 1.87 bits per heavy atom. The number of ether oxygens (including phenoxy) is 2. The molecule has 168 valence electrons. The fraction of sp³-hybridized carbons (Fsp3) is 0.636. The molecule has 0 bridgehead atoms. The Kier molecular flexibility index (Phi) is 5.34. The van der Waals surface area contributed by atoms with Crippen molar-refractivity contribution in [3.63, 3.8) is 0 Å². The van der Waals surface area contributed by atoms with E-state index < -0.39 is 6.61 Å². The molecule has 2 aromatic heterocycles. The lowest BCUT2D eigenvalue weighted by atomic mass is 10.0. The molecule has 0 amide bonds. The van der Waals surface area contributed by atoms with Gasteiger partial charge in [-0.3, -0.25) is 9.58 Å². The first-order chi connectivity index (χ1) is 14.9. The lowest BCUT2D eigenvalue weighted by Gasteiger charge is -2.33. The van der Waals surface area contributed by atoms with Crippen molar-refractivity contribution in [2.24, 2.45) is 11.8 Å². The van der Waals surface area contributed by atoms with Gasteiger partial charge >= 0.3 is 6.61 Å². The smallest absolute Gasteiger partial charge is 0.387 e. The first-order valence-corrected chi connectivity index (χ1v) is 11.0. The van der Waals surface area contributed by atoms with Gasteiger partial charge in [-0.05, 0) is 50.7 Å². The molecule has 7 nitrogen and oxygen atoms in total. The monoisotopic (exact) mass is 433 g/mol. The maximum Gasteiger partial charge on any atom is 0.387 e. The van der Waals surface area contributed by atoms with Crippen molar-refractivity contribution < 1.29 is 18.3 Å². The molecule has 3 aliphatic rings. The third kappa shape index (κ3) is 3.89. The number of alkyl halides is 2. The van der Waals surface area contributed by atoms with Crippen molar-refractivity contribution in [3.8, 4) is 17.0 Å².